The third-order valence-corrected chi connectivity index (χ3v) is 7.27. The molecule has 2 heterocycles. The lowest BCUT2D eigenvalue weighted by Gasteiger charge is -2.42. The highest BCUT2D eigenvalue weighted by Gasteiger charge is 2.76. The lowest BCUT2D eigenvalue weighted by molar-refractivity contribution is -0.760. The number of nitro groups is 1. The first-order valence-electron chi connectivity index (χ1n) is 8.47. The van der Waals surface area contributed by atoms with Crippen LogP contribution in [-0.4, -0.2) is 30.4 Å². The van der Waals surface area contributed by atoms with E-state index < -0.39 is 11.5 Å². The number of fused-ring (bicyclic) bond motifs is 12. The number of allylic oxidation sites excluding steroid dienone is 2. The maximum Gasteiger partial charge on any atom is 0.285 e. The van der Waals surface area contributed by atoms with Gasteiger partial charge in [-0.3, -0.25) is 15.3 Å². The third kappa shape index (κ3) is 1.36. The molecule has 0 radical (unpaired) electrons. The molecule has 2 bridgehead atoms. The summed E-state index contributed by atoms with van der Waals surface area (Å²) in [6, 6.07) is 0. The zero-order chi connectivity index (χ0) is 16.9. The first kappa shape index (κ1) is 13.9. The van der Waals surface area contributed by atoms with Crippen LogP contribution in [0.2, 0.25) is 0 Å². The van der Waals surface area contributed by atoms with Crippen molar-refractivity contribution < 1.29 is 14.7 Å². The molecular formula is C16H14N4O4S. The molecule has 6 rings (SSSR count). The van der Waals surface area contributed by atoms with Crippen LogP contribution in [-0.2, 0) is 10.4 Å². The van der Waals surface area contributed by atoms with Gasteiger partial charge in [0.25, 0.3) is 5.54 Å². The summed E-state index contributed by atoms with van der Waals surface area (Å²) >= 11 is 1.02. The van der Waals surface area contributed by atoms with Gasteiger partial charge in [0.15, 0.2) is 5.69 Å². The maximum atomic E-state index is 12.8. The Kier molecular flexibility index (Phi) is 2.38. The summed E-state index contributed by atoms with van der Waals surface area (Å²) in [4.78, 5) is 18.3. The number of rotatable bonds is 1. The van der Waals surface area contributed by atoms with Crippen molar-refractivity contribution in [2.45, 2.75) is 30.4 Å². The SMILES string of the molecule is O=[N+]([O-])[C@@]12c3nsnc3[C@@H]3C(=[N+]([O-])O[C@@H]4C=CC[C@@H]43)[C@@H]1[C@H]1C=C[C@@H]2C1. The van der Waals surface area contributed by atoms with E-state index in [0.29, 0.717) is 28.4 Å². The molecule has 25 heavy (non-hydrogen) atoms. The minimum absolute atomic E-state index is 0.0197. The van der Waals surface area contributed by atoms with Gasteiger partial charge in [-0.05, 0) is 18.8 Å². The zero-order valence-electron chi connectivity index (χ0n) is 13.0. The minimum atomic E-state index is -1.38. The predicted octanol–water partition coefficient (Wildman–Crippen LogP) is 1.77. The van der Waals surface area contributed by atoms with Crippen LogP contribution in [0.3, 0.4) is 0 Å². The molecule has 128 valence electrons. The molecule has 1 fully saturated rings. The standard InChI is InChI=1S/C16H14N4O4S/c21-19-14-11(9-2-1-3-10(9)24-19)13-15(18-25-17-13)16(20(22)23)8-5-4-7(6-8)12(14)16/h1,3-5,7-12H,2,6H2/t7-,8+,9-,10+,11+,12-,16+/m0/s1. The quantitative estimate of drug-likeness (QED) is 0.328. The summed E-state index contributed by atoms with van der Waals surface area (Å²) in [6.45, 7) is 0. The second-order valence-corrected chi connectivity index (χ2v) is 8.03. The van der Waals surface area contributed by atoms with E-state index in [0.717, 1.165) is 18.1 Å². The molecular weight excluding hydrogens is 344 g/mol. The van der Waals surface area contributed by atoms with Crippen LogP contribution < -0.4 is 0 Å². The summed E-state index contributed by atoms with van der Waals surface area (Å²) in [7, 11) is 0. The highest BCUT2D eigenvalue weighted by molar-refractivity contribution is 6.99. The van der Waals surface area contributed by atoms with Gasteiger partial charge in [-0.1, -0.05) is 24.3 Å². The first-order chi connectivity index (χ1) is 12.1. The summed E-state index contributed by atoms with van der Waals surface area (Å²) < 4.78 is 8.84. The van der Waals surface area contributed by atoms with Gasteiger partial charge in [0.2, 0.25) is 5.71 Å². The van der Waals surface area contributed by atoms with Crippen molar-refractivity contribution >= 4 is 17.4 Å². The van der Waals surface area contributed by atoms with Gasteiger partial charge in [0.1, 0.15) is 5.92 Å². The van der Waals surface area contributed by atoms with Gasteiger partial charge >= 0.3 is 0 Å². The van der Waals surface area contributed by atoms with E-state index in [1.807, 2.05) is 24.3 Å². The summed E-state index contributed by atoms with van der Waals surface area (Å²) in [5.74, 6) is -0.949. The molecule has 0 spiro atoms. The Morgan fingerprint density at radius 3 is 3.08 bits per heavy atom. The normalized spacial score (nSPS) is 45.0. The van der Waals surface area contributed by atoms with Crippen molar-refractivity contribution in [2.24, 2.45) is 23.7 Å². The van der Waals surface area contributed by atoms with Crippen LogP contribution in [0.15, 0.2) is 24.3 Å². The second-order valence-electron chi connectivity index (χ2n) is 7.51. The molecule has 1 saturated carbocycles. The Labute approximate surface area is 146 Å². The fourth-order valence-electron chi connectivity index (χ4n) is 5.88. The van der Waals surface area contributed by atoms with Gasteiger partial charge in [-0.25, -0.2) is 0 Å². The smallest absolute Gasteiger partial charge is 0.285 e. The Morgan fingerprint density at radius 2 is 2.24 bits per heavy atom. The lowest BCUT2D eigenvalue weighted by atomic mass is 9.60. The first-order valence-corrected chi connectivity index (χ1v) is 9.20. The molecule has 1 aromatic heterocycles. The second kappa shape index (κ2) is 4.27. The fraction of sp³-hybridized carbons (Fsp3) is 0.562. The van der Waals surface area contributed by atoms with Crippen LogP contribution in [0.5, 0.6) is 0 Å². The zero-order valence-corrected chi connectivity index (χ0v) is 13.8. The Bertz CT molecular complexity index is 908. The van der Waals surface area contributed by atoms with E-state index in [2.05, 4.69) is 8.75 Å². The van der Waals surface area contributed by atoms with Gasteiger partial charge < -0.3 is 4.84 Å². The van der Waals surface area contributed by atoms with Crippen molar-refractivity contribution in [2.75, 3.05) is 0 Å². The molecule has 0 aromatic carbocycles. The van der Waals surface area contributed by atoms with Crippen LogP contribution in [0.25, 0.3) is 0 Å². The van der Waals surface area contributed by atoms with E-state index >= 15 is 0 Å². The Balaban J connectivity index is 1.68. The summed E-state index contributed by atoms with van der Waals surface area (Å²) in [5.41, 5.74) is 0.216. The molecule has 0 saturated heterocycles. The minimum Gasteiger partial charge on any atom is -0.396 e. The number of aromatic nitrogens is 2. The monoisotopic (exact) mass is 358 g/mol. The molecule has 5 aliphatic rings. The molecule has 1 aromatic rings. The molecule has 9 heteroatoms. The predicted molar refractivity (Wildman–Crippen MR) is 86.3 cm³/mol. The molecule has 4 aliphatic carbocycles. The van der Waals surface area contributed by atoms with Gasteiger partial charge in [0.05, 0.1) is 35.4 Å². The van der Waals surface area contributed by atoms with E-state index in [1.165, 1.54) is 0 Å². The lowest BCUT2D eigenvalue weighted by Crippen LogP contribution is -2.59. The highest BCUT2D eigenvalue weighted by Crippen LogP contribution is 2.63. The molecule has 0 amide bonds. The molecule has 0 N–H and O–H groups in total. The van der Waals surface area contributed by atoms with Gasteiger partial charge in [0, 0.05) is 15.7 Å². The summed E-state index contributed by atoms with van der Waals surface area (Å²) in [5, 5.41) is 25.2. The van der Waals surface area contributed by atoms with Crippen LogP contribution in [0, 0.1) is 39.0 Å². The van der Waals surface area contributed by atoms with Crippen molar-refractivity contribution in [3.8, 4) is 0 Å². The number of nitrogens with zero attached hydrogens (tertiary/aromatic N) is 4. The van der Waals surface area contributed by atoms with E-state index in [9.17, 15) is 15.3 Å². The van der Waals surface area contributed by atoms with Crippen LogP contribution >= 0.6 is 11.7 Å². The molecule has 7 atom stereocenters. The van der Waals surface area contributed by atoms with E-state index in [-0.39, 0.29) is 34.7 Å². The Morgan fingerprint density at radius 1 is 1.36 bits per heavy atom. The highest BCUT2D eigenvalue weighted by atomic mass is 32.1. The van der Waals surface area contributed by atoms with Crippen molar-refractivity contribution in [3.63, 3.8) is 0 Å². The van der Waals surface area contributed by atoms with Crippen LogP contribution in [0.1, 0.15) is 30.1 Å². The van der Waals surface area contributed by atoms with Crippen molar-refractivity contribution in [1.29, 1.82) is 0 Å². The topological polar surface area (TPSA) is 104 Å². The fourth-order valence-corrected chi connectivity index (χ4v) is 6.53. The average Bonchev–Trinajstić information content (AvgIpc) is 3.35. The average molecular weight is 358 g/mol. The third-order valence-electron chi connectivity index (χ3n) is 6.72. The number of hydrogen-bond donors (Lipinski definition) is 0. The van der Waals surface area contributed by atoms with Gasteiger partial charge in [-0.2, -0.15) is 8.75 Å². The van der Waals surface area contributed by atoms with Crippen molar-refractivity contribution in [3.05, 3.63) is 51.0 Å². The number of hydrogen-bond acceptors (Lipinski definition) is 7. The molecule has 8 nitrogen and oxygen atoms in total. The molecule has 1 aliphatic heterocycles. The van der Waals surface area contributed by atoms with Gasteiger partial charge in [-0.15, -0.1) is 0 Å². The Hall–Kier alpha value is -2.29. The van der Waals surface area contributed by atoms with E-state index in [1.54, 1.807) is 0 Å². The summed E-state index contributed by atoms with van der Waals surface area (Å²) in [6.07, 6.45) is 9.04. The van der Waals surface area contributed by atoms with E-state index in [4.69, 9.17) is 4.84 Å². The van der Waals surface area contributed by atoms with Crippen molar-refractivity contribution in [1.82, 2.24) is 8.75 Å². The largest absolute Gasteiger partial charge is 0.396 e. The maximum absolute atomic E-state index is 12.8. The molecule has 0 unspecified atom stereocenters. The van der Waals surface area contributed by atoms with Crippen LogP contribution in [0.4, 0.5) is 0 Å².